The van der Waals surface area contributed by atoms with E-state index in [9.17, 15) is 18.0 Å². The summed E-state index contributed by atoms with van der Waals surface area (Å²) >= 11 is 7.07. The lowest BCUT2D eigenvalue weighted by Crippen LogP contribution is -2.27. The molecule has 3 aromatic rings. The molecule has 1 aromatic heterocycles. The third-order valence-electron chi connectivity index (χ3n) is 4.06. The summed E-state index contributed by atoms with van der Waals surface area (Å²) in [6.45, 7) is 1.64. The lowest BCUT2D eigenvalue weighted by molar-refractivity contribution is -0.137. The van der Waals surface area contributed by atoms with Crippen LogP contribution in [0, 0.1) is 0 Å². The highest BCUT2D eigenvalue weighted by atomic mass is 35.5. The van der Waals surface area contributed by atoms with Gasteiger partial charge in [0.15, 0.2) is 11.0 Å². The van der Waals surface area contributed by atoms with Crippen LogP contribution in [-0.4, -0.2) is 33.0 Å². The highest BCUT2D eigenvalue weighted by molar-refractivity contribution is 8.00. The minimum atomic E-state index is -4.58. The molecule has 0 aliphatic carbocycles. The van der Waals surface area contributed by atoms with E-state index in [1.54, 1.807) is 31.2 Å². The third-order valence-corrected chi connectivity index (χ3v) is 5.34. The fourth-order valence-electron chi connectivity index (χ4n) is 2.70. The van der Waals surface area contributed by atoms with Crippen LogP contribution in [0.15, 0.2) is 53.7 Å². The maximum absolute atomic E-state index is 13.7. The van der Waals surface area contributed by atoms with Gasteiger partial charge in [-0.05, 0) is 31.2 Å². The van der Waals surface area contributed by atoms with Crippen LogP contribution in [0.2, 0.25) is 5.02 Å². The van der Waals surface area contributed by atoms with Gasteiger partial charge in [-0.2, -0.15) is 13.2 Å². The Morgan fingerprint density at radius 2 is 1.90 bits per heavy atom. The van der Waals surface area contributed by atoms with Gasteiger partial charge in [0.25, 0.3) is 0 Å². The molecule has 1 amide bonds. The molecule has 152 valence electrons. The number of alkyl halides is 3. The molecule has 0 fully saturated rings. The predicted molar refractivity (Wildman–Crippen MR) is 106 cm³/mol. The molecule has 0 saturated carbocycles. The minimum absolute atomic E-state index is 0.133. The van der Waals surface area contributed by atoms with Gasteiger partial charge in [-0.15, -0.1) is 10.2 Å². The number of aromatic nitrogens is 3. The average molecular weight is 441 g/mol. The van der Waals surface area contributed by atoms with Crippen molar-refractivity contribution in [3.05, 3.63) is 59.1 Å². The second kappa shape index (κ2) is 8.46. The number of hydrogen-bond donors (Lipinski definition) is 1. The second-order valence-corrected chi connectivity index (χ2v) is 7.79. The Kier molecular flexibility index (Phi) is 6.18. The van der Waals surface area contributed by atoms with Crippen molar-refractivity contribution in [3.63, 3.8) is 0 Å². The number of carbonyl (C=O) groups excluding carboxylic acids is 1. The van der Waals surface area contributed by atoms with Gasteiger partial charge < -0.3 is 5.32 Å². The third kappa shape index (κ3) is 4.56. The normalized spacial score (nSPS) is 12.6. The standard InChI is InChI=1S/C19H16ClF3N4OS/c1-11(17(28)24-2)29-18-26-25-16(12-6-5-7-13(20)10-12)27(18)15-9-4-3-8-14(15)19(21,22)23/h3-11H,1-2H3,(H,24,28). The van der Waals surface area contributed by atoms with Crippen molar-refractivity contribution in [2.24, 2.45) is 0 Å². The zero-order valence-electron chi connectivity index (χ0n) is 15.4. The monoisotopic (exact) mass is 440 g/mol. The summed E-state index contributed by atoms with van der Waals surface area (Å²) in [6.07, 6.45) is -4.58. The van der Waals surface area contributed by atoms with E-state index in [0.29, 0.717) is 10.6 Å². The summed E-state index contributed by atoms with van der Waals surface area (Å²) in [5, 5.41) is 10.7. The van der Waals surface area contributed by atoms with Crippen molar-refractivity contribution in [1.82, 2.24) is 20.1 Å². The number of thioether (sulfide) groups is 1. The highest BCUT2D eigenvalue weighted by Crippen LogP contribution is 2.38. The number of nitrogens with one attached hydrogen (secondary N) is 1. The number of benzene rings is 2. The molecule has 3 rings (SSSR count). The number of carbonyl (C=O) groups is 1. The minimum Gasteiger partial charge on any atom is -0.358 e. The zero-order chi connectivity index (χ0) is 21.2. The smallest absolute Gasteiger partial charge is 0.358 e. The van der Waals surface area contributed by atoms with Gasteiger partial charge in [0.05, 0.1) is 16.5 Å². The number of hydrogen-bond acceptors (Lipinski definition) is 4. The summed E-state index contributed by atoms with van der Waals surface area (Å²) in [5.74, 6) is -0.0891. The Hall–Kier alpha value is -2.52. The molecule has 10 heteroatoms. The number of rotatable bonds is 5. The van der Waals surface area contributed by atoms with Gasteiger partial charge in [0.1, 0.15) is 0 Å². The molecule has 1 heterocycles. The average Bonchev–Trinajstić information content (AvgIpc) is 3.10. The molecule has 0 spiro atoms. The summed E-state index contributed by atoms with van der Waals surface area (Å²) in [5.41, 5.74) is -0.467. The van der Waals surface area contributed by atoms with Crippen molar-refractivity contribution in [3.8, 4) is 17.1 Å². The van der Waals surface area contributed by atoms with E-state index >= 15 is 0 Å². The molecular formula is C19H16ClF3N4OS. The molecule has 29 heavy (non-hydrogen) atoms. The van der Waals surface area contributed by atoms with Gasteiger partial charge in [-0.25, -0.2) is 0 Å². The molecule has 0 aliphatic rings. The molecule has 0 radical (unpaired) electrons. The van der Waals surface area contributed by atoms with E-state index in [2.05, 4.69) is 15.5 Å². The topological polar surface area (TPSA) is 59.8 Å². The van der Waals surface area contributed by atoms with Crippen LogP contribution in [0.5, 0.6) is 0 Å². The zero-order valence-corrected chi connectivity index (χ0v) is 16.9. The Morgan fingerprint density at radius 1 is 1.17 bits per heavy atom. The van der Waals surface area contributed by atoms with E-state index in [0.717, 1.165) is 17.8 Å². The molecule has 1 N–H and O–H groups in total. The first-order valence-corrected chi connectivity index (χ1v) is 9.74. The van der Waals surface area contributed by atoms with Crippen LogP contribution in [-0.2, 0) is 11.0 Å². The number of nitrogens with zero attached hydrogens (tertiary/aromatic N) is 3. The first-order valence-electron chi connectivity index (χ1n) is 8.48. The summed E-state index contributed by atoms with van der Waals surface area (Å²) in [4.78, 5) is 11.9. The Bertz CT molecular complexity index is 1040. The van der Waals surface area contributed by atoms with Crippen LogP contribution in [0.3, 0.4) is 0 Å². The molecule has 1 unspecified atom stereocenters. The van der Waals surface area contributed by atoms with Crippen LogP contribution >= 0.6 is 23.4 Å². The first-order chi connectivity index (χ1) is 13.7. The summed E-state index contributed by atoms with van der Waals surface area (Å²) in [6, 6.07) is 11.8. The first kappa shape index (κ1) is 21.2. The van der Waals surface area contributed by atoms with Crippen LogP contribution in [0.4, 0.5) is 13.2 Å². The van der Waals surface area contributed by atoms with Gasteiger partial charge >= 0.3 is 6.18 Å². The van der Waals surface area contributed by atoms with Gasteiger partial charge in [0, 0.05) is 17.6 Å². The second-order valence-electron chi connectivity index (χ2n) is 6.04. The maximum atomic E-state index is 13.7. The van der Waals surface area contributed by atoms with E-state index in [1.807, 2.05) is 0 Å². The van der Waals surface area contributed by atoms with Crippen LogP contribution in [0.25, 0.3) is 17.1 Å². The number of halogens is 4. The van der Waals surface area contributed by atoms with Crippen molar-refractivity contribution >= 4 is 29.3 Å². The molecular weight excluding hydrogens is 425 g/mol. The molecule has 0 bridgehead atoms. The van der Waals surface area contributed by atoms with Crippen molar-refractivity contribution in [1.29, 1.82) is 0 Å². The van der Waals surface area contributed by atoms with E-state index in [-0.39, 0.29) is 22.6 Å². The number of amides is 1. The van der Waals surface area contributed by atoms with Gasteiger partial charge in [0.2, 0.25) is 5.91 Å². The SMILES string of the molecule is CNC(=O)C(C)Sc1nnc(-c2cccc(Cl)c2)n1-c1ccccc1C(F)(F)F. The van der Waals surface area contributed by atoms with Crippen LogP contribution < -0.4 is 5.32 Å². The van der Waals surface area contributed by atoms with E-state index < -0.39 is 17.0 Å². The van der Waals surface area contributed by atoms with Gasteiger partial charge in [-0.1, -0.05) is 47.6 Å². The fraction of sp³-hybridized carbons (Fsp3) is 0.211. The molecule has 0 saturated heterocycles. The Morgan fingerprint density at radius 3 is 2.55 bits per heavy atom. The largest absolute Gasteiger partial charge is 0.418 e. The van der Waals surface area contributed by atoms with Crippen molar-refractivity contribution in [2.45, 2.75) is 23.5 Å². The molecule has 5 nitrogen and oxygen atoms in total. The van der Waals surface area contributed by atoms with Crippen LogP contribution in [0.1, 0.15) is 12.5 Å². The molecule has 1 atom stereocenters. The van der Waals surface area contributed by atoms with E-state index in [1.165, 1.54) is 29.8 Å². The number of para-hydroxylation sites is 1. The highest BCUT2D eigenvalue weighted by Gasteiger charge is 2.35. The summed E-state index contributed by atoms with van der Waals surface area (Å²) in [7, 11) is 1.49. The Balaban J connectivity index is 2.23. The van der Waals surface area contributed by atoms with Crippen molar-refractivity contribution in [2.75, 3.05) is 7.05 Å². The van der Waals surface area contributed by atoms with Crippen molar-refractivity contribution < 1.29 is 18.0 Å². The molecule has 2 aromatic carbocycles. The van der Waals surface area contributed by atoms with E-state index in [4.69, 9.17) is 11.6 Å². The molecule has 0 aliphatic heterocycles. The quantitative estimate of drug-likeness (QED) is 0.577. The maximum Gasteiger partial charge on any atom is 0.418 e. The summed E-state index contributed by atoms with van der Waals surface area (Å²) < 4.78 is 42.3. The lowest BCUT2D eigenvalue weighted by Gasteiger charge is -2.17. The lowest BCUT2D eigenvalue weighted by atomic mass is 10.1. The predicted octanol–water partition coefficient (Wildman–Crippen LogP) is 4.83. The Labute approximate surface area is 174 Å². The van der Waals surface area contributed by atoms with Gasteiger partial charge in [-0.3, -0.25) is 9.36 Å². The fourth-order valence-corrected chi connectivity index (χ4v) is 3.81.